The van der Waals surface area contributed by atoms with Crippen molar-refractivity contribution in [1.29, 1.82) is 0 Å². The van der Waals surface area contributed by atoms with Crippen LogP contribution in [0.3, 0.4) is 0 Å². The van der Waals surface area contributed by atoms with Crippen LogP contribution in [-0.2, 0) is 9.53 Å². The summed E-state index contributed by atoms with van der Waals surface area (Å²) in [4.78, 5) is 11.2. The summed E-state index contributed by atoms with van der Waals surface area (Å²) in [5.74, 6) is 4.91. The first kappa shape index (κ1) is 8.49. The summed E-state index contributed by atoms with van der Waals surface area (Å²) in [7, 11) is 0. The highest BCUT2D eigenvalue weighted by Crippen LogP contribution is 2.27. The van der Waals surface area contributed by atoms with Crippen molar-refractivity contribution in [3.63, 3.8) is 0 Å². The van der Waals surface area contributed by atoms with E-state index in [-0.39, 0.29) is 5.91 Å². The smallest absolute Gasteiger partial charge is 0.242 e. The highest BCUT2D eigenvalue weighted by atomic mass is 16.5. The summed E-state index contributed by atoms with van der Waals surface area (Å²) < 4.78 is 5.19. The zero-order valence-electron chi connectivity index (χ0n) is 6.72. The first-order valence-electron chi connectivity index (χ1n) is 3.78. The van der Waals surface area contributed by atoms with Crippen molar-refractivity contribution in [2.24, 2.45) is 11.3 Å². The quantitative estimate of drug-likeness (QED) is 0.315. The molecule has 1 heterocycles. The van der Waals surface area contributed by atoms with Gasteiger partial charge in [-0.2, -0.15) is 0 Å². The van der Waals surface area contributed by atoms with E-state index in [1.807, 2.05) is 6.92 Å². The van der Waals surface area contributed by atoms with Gasteiger partial charge in [0, 0.05) is 6.61 Å². The first-order chi connectivity index (χ1) is 5.19. The van der Waals surface area contributed by atoms with Crippen LogP contribution in [0.15, 0.2) is 0 Å². The van der Waals surface area contributed by atoms with E-state index in [1.165, 1.54) is 0 Å². The second kappa shape index (κ2) is 3.19. The summed E-state index contributed by atoms with van der Waals surface area (Å²) in [5.41, 5.74) is 1.75. The third-order valence-electron chi connectivity index (χ3n) is 2.12. The molecule has 1 saturated heterocycles. The molecule has 0 saturated carbocycles. The number of carbonyl (C=O) groups is 1. The van der Waals surface area contributed by atoms with Crippen LogP contribution in [0.4, 0.5) is 0 Å². The monoisotopic (exact) mass is 158 g/mol. The SMILES string of the molecule is CC1(C(=O)NN)CCCOC1. The Bertz CT molecular complexity index is 153. The summed E-state index contributed by atoms with van der Waals surface area (Å²) >= 11 is 0. The third kappa shape index (κ3) is 1.70. The minimum Gasteiger partial charge on any atom is -0.380 e. The Morgan fingerprint density at radius 2 is 2.45 bits per heavy atom. The van der Waals surface area contributed by atoms with Gasteiger partial charge in [0.1, 0.15) is 0 Å². The molecule has 0 aromatic carbocycles. The summed E-state index contributed by atoms with van der Waals surface area (Å²) in [6.07, 6.45) is 1.79. The Balaban J connectivity index is 2.56. The molecule has 0 aromatic heterocycles. The van der Waals surface area contributed by atoms with Gasteiger partial charge in [0.05, 0.1) is 12.0 Å². The minimum atomic E-state index is -0.410. The second-order valence-electron chi connectivity index (χ2n) is 3.19. The molecule has 0 spiro atoms. The molecule has 0 radical (unpaired) electrons. The van der Waals surface area contributed by atoms with E-state index in [0.717, 1.165) is 19.4 Å². The predicted molar refractivity (Wildman–Crippen MR) is 40.5 cm³/mol. The lowest BCUT2D eigenvalue weighted by Crippen LogP contribution is -2.46. The molecule has 1 rings (SSSR count). The van der Waals surface area contributed by atoms with Crippen LogP contribution in [-0.4, -0.2) is 19.1 Å². The van der Waals surface area contributed by atoms with Gasteiger partial charge < -0.3 is 4.74 Å². The molecule has 1 amide bonds. The van der Waals surface area contributed by atoms with E-state index in [9.17, 15) is 4.79 Å². The zero-order chi connectivity index (χ0) is 8.32. The van der Waals surface area contributed by atoms with Gasteiger partial charge in [-0.25, -0.2) is 5.84 Å². The molecule has 1 aliphatic heterocycles. The maximum absolute atomic E-state index is 11.2. The topological polar surface area (TPSA) is 64.4 Å². The number of carbonyl (C=O) groups excluding carboxylic acids is 1. The lowest BCUT2D eigenvalue weighted by Gasteiger charge is -2.30. The summed E-state index contributed by atoms with van der Waals surface area (Å²) in [6.45, 7) is 3.11. The number of ether oxygens (including phenoxy) is 1. The van der Waals surface area contributed by atoms with Crippen LogP contribution in [0, 0.1) is 5.41 Å². The van der Waals surface area contributed by atoms with Crippen molar-refractivity contribution in [2.45, 2.75) is 19.8 Å². The average Bonchev–Trinajstić information content (AvgIpc) is 2.04. The number of hydrogen-bond acceptors (Lipinski definition) is 3. The standard InChI is InChI=1S/C7H14N2O2/c1-7(6(10)9-8)3-2-4-11-5-7/h2-5,8H2,1H3,(H,9,10). The molecule has 1 aliphatic rings. The largest absolute Gasteiger partial charge is 0.380 e. The lowest BCUT2D eigenvalue weighted by atomic mass is 9.84. The summed E-state index contributed by atoms with van der Waals surface area (Å²) in [5, 5.41) is 0. The minimum absolute atomic E-state index is 0.128. The van der Waals surface area contributed by atoms with E-state index >= 15 is 0 Å². The molecule has 0 aliphatic carbocycles. The Kier molecular flexibility index (Phi) is 2.46. The molecule has 0 bridgehead atoms. The van der Waals surface area contributed by atoms with Crippen LogP contribution in [0.25, 0.3) is 0 Å². The van der Waals surface area contributed by atoms with E-state index in [0.29, 0.717) is 6.61 Å². The van der Waals surface area contributed by atoms with E-state index in [4.69, 9.17) is 10.6 Å². The maximum Gasteiger partial charge on any atom is 0.242 e. The third-order valence-corrected chi connectivity index (χ3v) is 2.12. The van der Waals surface area contributed by atoms with Crippen molar-refractivity contribution in [2.75, 3.05) is 13.2 Å². The molecule has 64 valence electrons. The van der Waals surface area contributed by atoms with Crippen molar-refractivity contribution in [1.82, 2.24) is 5.43 Å². The maximum atomic E-state index is 11.2. The van der Waals surface area contributed by atoms with Crippen LogP contribution < -0.4 is 11.3 Å². The van der Waals surface area contributed by atoms with Gasteiger partial charge >= 0.3 is 0 Å². The van der Waals surface area contributed by atoms with Crippen molar-refractivity contribution in [3.05, 3.63) is 0 Å². The van der Waals surface area contributed by atoms with Crippen LogP contribution in [0.5, 0.6) is 0 Å². The van der Waals surface area contributed by atoms with Crippen molar-refractivity contribution in [3.8, 4) is 0 Å². The number of hydrazine groups is 1. The molecule has 4 nitrogen and oxygen atoms in total. The number of amides is 1. The number of hydrogen-bond donors (Lipinski definition) is 2. The van der Waals surface area contributed by atoms with Crippen molar-refractivity contribution < 1.29 is 9.53 Å². The van der Waals surface area contributed by atoms with Gasteiger partial charge in [0.15, 0.2) is 0 Å². The zero-order valence-corrected chi connectivity index (χ0v) is 6.72. The van der Waals surface area contributed by atoms with Gasteiger partial charge in [-0.05, 0) is 19.8 Å². The van der Waals surface area contributed by atoms with Crippen LogP contribution in [0.1, 0.15) is 19.8 Å². The molecule has 4 heteroatoms. The van der Waals surface area contributed by atoms with Crippen LogP contribution >= 0.6 is 0 Å². The van der Waals surface area contributed by atoms with Gasteiger partial charge in [-0.15, -0.1) is 0 Å². The molecule has 11 heavy (non-hydrogen) atoms. The molecule has 1 atom stereocenters. The Labute approximate surface area is 66.1 Å². The number of nitrogens with two attached hydrogens (primary N) is 1. The van der Waals surface area contributed by atoms with Crippen molar-refractivity contribution >= 4 is 5.91 Å². The molecular formula is C7H14N2O2. The van der Waals surface area contributed by atoms with Gasteiger partial charge in [0.2, 0.25) is 5.91 Å². The summed E-state index contributed by atoms with van der Waals surface area (Å²) in [6, 6.07) is 0. The number of rotatable bonds is 1. The molecule has 1 unspecified atom stereocenters. The van der Waals surface area contributed by atoms with Gasteiger partial charge in [-0.1, -0.05) is 0 Å². The Morgan fingerprint density at radius 1 is 1.73 bits per heavy atom. The van der Waals surface area contributed by atoms with E-state index < -0.39 is 5.41 Å². The fourth-order valence-corrected chi connectivity index (χ4v) is 1.29. The Morgan fingerprint density at radius 3 is 2.91 bits per heavy atom. The normalized spacial score (nSPS) is 31.5. The fourth-order valence-electron chi connectivity index (χ4n) is 1.29. The average molecular weight is 158 g/mol. The highest BCUT2D eigenvalue weighted by molar-refractivity contribution is 5.81. The second-order valence-corrected chi connectivity index (χ2v) is 3.19. The van der Waals surface area contributed by atoms with E-state index in [1.54, 1.807) is 0 Å². The first-order valence-corrected chi connectivity index (χ1v) is 3.78. The molecule has 3 N–H and O–H groups in total. The van der Waals surface area contributed by atoms with Gasteiger partial charge in [0.25, 0.3) is 0 Å². The molecular weight excluding hydrogens is 144 g/mol. The van der Waals surface area contributed by atoms with Crippen LogP contribution in [0.2, 0.25) is 0 Å². The predicted octanol–water partition coefficient (Wildman–Crippen LogP) is -0.207. The fraction of sp³-hybridized carbons (Fsp3) is 0.857. The molecule has 0 aromatic rings. The highest BCUT2D eigenvalue weighted by Gasteiger charge is 2.34. The van der Waals surface area contributed by atoms with Gasteiger partial charge in [-0.3, -0.25) is 10.2 Å². The molecule has 1 fully saturated rings. The lowest BCUT2D eigenvalue weighted by molar-refractivity contribution is -0.137. The number of nitrogens with one attached hydrogen (secondary N) is 1. The van der Waals surface area contributed by atoms with E-state index in [2.05, 4.69) is 5.43 Å². The Hall–Kier alpha value is -0.610.